The van der Waals surface area contributed by atoms with E-state index in [1.807, 2.05) is 18.2 Å². The zero-order chi connectivity index (χ0) is 10.8. The molecule has 0 aliphatic heterocycles. The minimum atomic E-state index is -0.110. The van der Waals surface area contributed by atoms with Crippen molar-refractivity contribution in [1.29, 1.82) is 0 Å². The molecule has 0 spiro atoms. The molecule has 15 heavy (non-hydrogen) atoms. The maximum absolute atomic E-state index is 11.6. The number of para-hydroxylation sites is 1. The molecular weight excluding hydrogens is 212 g/mol. The molecule has 4 heteroatoms. The molecule has 0 saturated heterocycles. The summed E-state index contributed by atoms with van der Waals surface area (Å²) in [5.41, 5.74) is 6.70. The van der Waals surface area contributed by atoms with Crippen LogP contribution in [0.1, 0.15) is 5.56 Å². The van der Waals surface area contributed by atoms with Crippen molar-refractivity contribution < 1.29 is 0 Å². The second kappa shape index (κ2) is 4.04. The van der Waals surface area contributed by atoms with Crippen LogP contribution in [-0.2, 0) is 6.42 Å². The number of benzene rings is 1. The number of fused-ring (bicyclic) bond motifs is 1. The van der Waals surface area contributed by atoms with Gasteiger partial charge in [-0.3, -0.25) is 4.79 Å². The van der Waals surface area contributed by atoms with E-state index < -0.39 is 0 Å². The van der Waals surface area contributed by atoms with Gasteiger partial charge in [0.2, 0.25) is 0 Å². The summed E-state index contributed by atoms with van der Waals surface area (Å²) in [6.45, 7) is 0.467. The summed E-state index contributed by atoms with van der Waals surface area (Å²) >= 11 is 5.96. The van der Waals surface area contributed by atoms with Gasteiger partial charge in [0.15, 0.2) is 0 Å². The van der Waals surface area contributed by atoms with Crippen LogP contribution in [-0.4, -0.2) is 11.5 Å². The van der Waals surface area contributed by atoms with E-state index in [0.717, 1.165) is 5.39 Å². The fourth-order valence-electron chi connectivity index (χ4n) is 1.58. The minimum absolute atomic E-state index is 0.110. The molecule has 0 bridgehead atoms. The van der Waals surface area contributed by atoms with E-state index in [1.165, 1.54) is 0 Å². The molecule has 1 aromatic carbocycles. The molecule has 0 unspecified atom stereocenters. The largest absolute Gasteiger partial charge is 0.330 e. The van der Waals surface area contributed by atoms with Gasteiger partial charge in [0.05, 0.1) is 10.5 Å². The van der Waals surface area contributed by atoms with Crippen molar-refractivity contribution in [2.24, 2.45) is 5.73 Å². The fraction of sp³-hybridized carbons (Fsp3) is 0.182. The lowest BCUT2D eigenvalue weighted by atomic mass is 10.1. The molecule has 78 valence electrons. The zero-order valence-corrected chi connectivity index (χ0v) is 8.84. The van der Waals surface area contributed by atoms with Gasteiger partial charge in [0.1, 0.15) is 0 Å². The van der Waals surface area contributed by atoms with Crippen molar-refractivity contribution in [3.8, 4) is 0 Å². The summed E-state index contributed by atoms with van der Waals surface area (Å²) in [5.74, 6) is 0. The molecule has 1 aromatic heterocycles. The molecule has 0 atom stereocenters. The van der Waals surface area contributed by atoms with Crippen LogP contribution in [0.3, 0.4) is 0 Å². The van der Waals surface area contributed by atoms with Crippen molar-refractivity contribution in [3.63, 3.8) is 0 Å². The van der Waals surface area contributed by atoms with Crippen molar-refractivity contribution in [2.75, 3.05) is 6.54 Å². The van der Waals surface area contributed by atoms with Crippen LogP contribution in [0.15, 0.2) is 29.1 Å². The maximum Gasteiger partial charge on any atom is 0.251 e. The molecule has 1 heterocycles. The number of rotatable bonds is 2. The van der Waals surface area contributed by atoms with Gasteiger partial charge < -0.3 is 10.7 Å². The lowest BCUT2D eigenvalue weighted by molar-refractivity contribution is 0.949. The van der Waals surface area contributed by atoms with Crippen LogP contribution in [0.25, 0.3) is 10.9 Å². The summed E-state index contributed by atoms with van der Waals surface area (Å²) in [5, 5.41) is 1.49. The second-order valence-corrected chi connectivity index (χ2v) is 3.77. The number of aromatic amines is 1. The van der Waals surface area contributed by atoms with Crippen LogP contribution in [0.2, 0.25) is 5.02 Å². The third-order valence-electron chi connectivity index (χ3n) is 2.32. The van der Waals surface area contributed by atoms with E-state index in [2.05, 4.69) is 4.98 Å². The monoisotopic (exact) mass is 222 g/mol. The molecule has 2 aromatic rings. The Balaban J connectivity index is 2.71. The normalized spacial score (nSPS) is 10.8. The smallest absolute Gasteiger partial charge is 0.251 e. The zero-order valence-electron chi connectivity index (χ0n) is 8.09. The summed E-state index contributed by atoms with van der Waals surface area (Å²) < 4.78 is 0. The topological polar surface area (TPSA) is 58.9 Å². The van der Waals surface area contributed by atoms with E-state index >= 15 is 0 Å². The SMILES string of the molecule is NCCc1cc2cccc(Cl)c2[nH]c1=O. The van der Waals surface area contributed by atoms with Gasteiger partial charge >= 0.3 is 0 Å². The molecule has 0 fully saturated rings. The average molecular weight is 223 g/mol. The second-order valence-electron chi connectivity index (χ2n) is 3.37. The first kappa shape index (κ1) is 10.2. The van der Waals surface area contributed by atoms with E-state index in [4.69, 9.17) is 17.3 Å². The number of nitrogens with one attached hydrogen (secondary N) is 1. The Morgan fingerprint density at radius 1 is 1.40 bits per heavy atom. The van der Waals surface area contributed by atoms with E-state index in [1.54, 1.807) is 6.07 Å². The van der Waals surface area contributed by atoms with Crippen molar-refractivity contribution in [3.05, 3.63) is 45.2 Å². The highest BCUT2D eigenvalue weighted by molar-refractivity contribution is 6.35. The molecule has 3 nitrogen and oxygen atoms in total. The molecule has 0 aliphatic carbocycles. The number of nitrogens with two attached hydrogens (primary N) is 1. The molecule has 2 rings (SSSR count). The third-order valence-corrected chi connectivity index (χ3v) is 2.63. The molecule has 3 N–H and O–H groups in total. The molecule has 0 saturated carbocycles. The van der Waals surface area contributed by atoms with Crippen molar-refractivity contribution >= 4 is 22.5 Å². The fourth-order valence-corrected chi connectivity index (χ4v) is 1.81. The Morgan fingerprint density at radius 2 is 2.20 bits per heavy atom. The third kappa shape index (κ3) is 1.89. The van der Waals surface area contributed by atoms with Gasteiger partial charge in [0, 0.05) is 10.9 Å². The van der Waals surface area contributed by atoms with Gasteiger partial charge in [-0.2, -0.15) is 0 Å². The number of halogens is 1. The lowest BCUT2D eigenvalue weighted by Crippen LogP contribution is -2.16. The number of aromatic nitrogens is 1. The number of H-pyrrole nitrogens is 1. The number of hydrogen-bond acceptors (Lipinski definition) is 2. The predicted octanol–water partition coefficient (Wildman–Crippen LogP) is 1.68. The minimum Gasteiger partial charge on any atom is -0.330 e. The van der Waals surface area contributed by atoms with Gasteiger partial charge in [-0.25, -0.2) is 0 Å². The van der Waals surface area contributed by atoms with Crippen LogP contribution in [0.4, 0.5) is 0 Å². The Hall–Kier alpha value is -1.32. The Labute approximate surface area is 91.9 Å². The van der Waals surface area contributed by atoms with Crippen LogP contribution in [0.5, 0.6) is 0 Å². The van der Waals surface area contributed by atoms with Crippen LogP contribution >= 0.6 is 11.6 Å². The van der Waals surface area contributed by atoms with E-state index in [-0.39, 0.29) is 5.56 Å². The first-order chi connectivity index (χ1) is 7.22. The Kier molecular flexibility index (Phi) is 2.75. The summed E-state index contributed by atoms with van der Waals surface area (Å²) in [7, 11) is 0. The molecular formula is C11H11ClN2O. The highest BCUT2D eigenvalue weighted by Gasteiger charge is 2.04. The van der Waals surface area contributed by atoms with Gasteiger partial charge in [-0.1, -0.05) is 23.7 Å². The highest BCUT2D eigenvalue weighted by Crippen LogP contribution is 2.20. The summed E-state index contributed by atoms with van der Waals surface area (Å²) in [6.07, 6.45) is 0.581. The van der Waals surface area contributed by atoms with E-state index in [9.17, 15) is 4.79 Å². The molecule has 0 amide bonds. The van der Waals surface area contributed by atoms with Gasteiger partial charge in [0.25, 0.3) is 5.56 Å². The first-order valence-electron chi connectivity index (χ1n) is 4.73. The maximum atomic E-state index is 11.6. The highest BCUT2D eigenvalue weighted by atomic mass is 35.5. The van der Waals surface area contributed by atoms with Crippen molar-refractivity contribution in [2.45, 2.75) is 6.42 Å². The predicted molar refractivity (Wildman–Crippen MR) is 62.3 cm³/mol. The molecule has 0 aliphatic rings. The standard InChI is InChI=1S/C11H11ClN2O/c12-9-3-1-2-7-6-8(4-5-13)11(15)14-10(7)9/h1-3,6H,4-5,13H2,(H,14,15). The Bertz CT molecular complexity index is 548. The summed E-state index contributed by atoms with van der Waals surface area (Å²) in [6, 6.07) is 7.36. The van der Waals surface area contributed by atoms with Gasteiger partial charge in [-0.15, -0.1) is 0 Å². The Morgan fingerprint density at radius 3 is 2.93 bits per heavy atom. The van der Waals surface area contributed by atoms with E-state index in [0.29, 0.717) is 29.1 Å². The first-order valence-corrected chi connectivity index (χ1v) is 5.10. The van der Waals surface area contributed by atoms with Gasteiger partial charge in [-0.05, 0) is 25.1 Å². The average Bonchev–Trinajstić information content (AvgIpc) is 2.21. The van der Waals surface area contributed by atoms with Crippen LogP contribution in [0, 0.1) is 0 Å². The number of pyridine rings is 1. The summed E-state index contributed by atoms with van der Waals surface area (Å²) in [4.78, 5) is 14.4. The van der Waals surface area contributed by atoms with Crippen LogP contribution < -0.4 is 11.3 Å². The number of hydrogen-bond donors (Lipinski definition) is 2. The quantitative estimate of drug-likeness (QED) is 0.812. The lowest BCUT2D eigenvalue weighted by Gasteiger charge is -2.03. The van der Waals surface area contributed by atoms with Crippen molar-refractivity contribution in [1.82, 2.24) is 4.98 Å². The molecule has 0 radical (unpaired) electrons.